The second-order valence-electron chi connectivity index (χ2n) is 7.28. The van der Waals surface area contributed by atoms with E-state index in [2.05, 4.69) is 5.10 Å². The molecule has 0 radical (unpaired) electrons. The number of esters is 1. The third-order valence-electron chi connectivity index (χ3n) is 5.27. The van der Waals surface area contributed by atoms with E-state index in [4.69, 9.17) is 24.5 Å². The predicted octanol–water partition coefficient (Wildman–Crippen LogP) is 3.18. The van der Waals surface area contributed by atoms with Gasteiger partial charge in [-0.25, -0.2) is 9.59 Å². The summed E-state index contributed by atoms with van der Waals surface area (Å²) in [6, 6.07) is 5.24. The molecule has 0 unspecified atom stereocenters. The van der Waals surface area contributed by atoms with E-state index >= 15 is 0 Å². The van der Waals surface area contributed by atoms with Crippen molar-refractivity contribution in [3.63, 3.8) is 0 Å². The first-order valence-corrected chi connectivity index (χ1v) is 9.77. The molecule has 2 aromatic carbocycles. The Bertz CT molecular complexity index is 1390. The fraction of sp³-hybridized carbons (Fsp3) is 0.130. The van der Waals surface area contributed by atoms with Gasteiger partial charge in [0.15, 0.2) is 23.0 Å². The van der Waals surface area contributed by atoms with Crippen LogP contribution in [-0.2, 0) is 0 Å². The zero-order valence-corrected chi connectivity index (χ0v) is 18.2. The Kier molecular flexibility index (Phi) is 5.45. The second-order valence-corrected chi connectivity index (χ2v) is 7.28. The van der Waals surface area contributed by atoms with E-state index in [1.54, 1.807) is 6.92 Å². The molecule has 0 atom stereocenters. The highest BCUT2D eigenvalue weighted by atomic mass is 16.6. The quantitative estimate of drug-likeness (QED) is 0.127. The lowest BCUT2D eigenvalue weighted by molar-refractivity contribution is 0.0685. The molecule has 4 rings (SSSR count). The average Bonchev–Trinajstić information content (AvgIpc) is 3.27. The minimum absolute atomic E-state index is 0.138. The molecule has 1 aromatic heterocycles. The largest absolute Gasteiger partial charge is 0.507 e. The fourth-order valence-corrected chi connectivity index (χ4v) is 3.67. The number of phenols is 1. The van der Waals surface area contributed by atoms with Gasteiger partial charge < -0.3 is 34.7 Å². The van der Waals surface area contributed by atoms with Gasteiger partial charge in [-0.2, -0.15) is 5.10 Å². The Morgan fingerprint density at radius 3 is 2.44 bits per heavy atom. The molecule has 0 saturated carbocycles. The van der Waals surface area contributed by atoms with E-state index in [0.29, 0.717) is 5.56 Å². The van der Waals surface area contributed by atoms with Crippen molar-refractivity contribution in [2.24, 2.45) is 10.9 Å². The van der Waals surface area contributed by atoms with Crippen molar-refractivity contribution in [2.75, 3.05) is 7.11 Å². The van der Waals surface area contributed by atoms with Gasteiger partial charge in [0.1, 0.15) is 28.3 Å². The SMILES string of the molecule is COc1cc(C(=O)O)c2c(c1C)OC(=O)c1c(C)cc(O)c(/C(=N\N)C(=O)c3ccco3)c1O2. The second kappa shape index (κ2) is 8.28. The summed E-state index contributed by atoms with van der Waals surface area (Å²) in [4.78, 5) is 38.1. The highest BCUT2D eigenvalue weighted by Gasteiger charge is 2.36. The number of furan rings is 1. The van der Waals surface area contributed by atoms with Gasteiger partial charge in [-0.15, -0.1) is 0 Å². The third-order valence-corrected chi connectivity index (χ3v) is 5.27. The Hall–Kier alpha value is -4.80. The number of aryl methyl sites for hydroxylation is 1. The summed E-state index contributed by atoms with van der Waals surface area (Å²) >= 11 is 0. The third kappa shape index (κ3) is 3.39. The smallest absolute Gasteiger partial charge is 0.347 e. The first kappa shape index (κ1) is 22.4. The summed E-state index contributed by atoms with van der Waals surface area (Å²) in [6.45, 7) is 3.05. The number of nitrogens with zero attached hydrogens (tertiary/aromatic N) is 1. The highest BCUT2D eigenvalue weighted by Crippen LogP contribution is 2.48. The number of carboxylic acid groups (broad SMARTS) is 1. The van der Waals surface area contributed by atoms with Crippen molar-refractivity contribution in [1.82, 2.24) is 0 Å². The van der Waals surface area contributed by atoms with Gasteiger partial charge in [0.2, 0.25) is 5.78 Å². The Balaban J connectivity index is 2.04. The Morgan fingerprint density at radius 1 is 1.12 bits per heavy atom. The minimum atomic E-state index is -1.40. The van der Waals surface area contributed by atoms with E-state index in [1.165, 1.54) is 44.6 Å². The number of Topliss-reactive ketones (excluding diaryl/α,β-unsaturated/α-hetero) is 1. The van der Waals surface area contributed by atoms with Crippen LogP contribution in [0.4, 0.5) is 0 Å². The average molecular weight is 466 g/mol. The molecule has 0 saturated heterocycles. The lowest BCUT2D eigenvalue weighted by Gasteiger charge is -2.17. The van der Waals surface area contributed by atoms with Gasteiger partial charge in [-0.1, -0.05) is 0 Å². The molecule has 0 bridgehead atoms. The van der Waals surface area contributed by atoms with Crippen LogP contribution in [0, 0.1) is 13.8 Å². The van der Waals surface area contributed by atoms with Crippen molar-refractivity contribution in [2.45, 2.75) is 13.8 Å². The summed E-state index contributed by atoms with van der Waals surface area (Å²) < 4.78 is 21.8. The Labute approximate surface area is 192 Å². The number of carboxylic acids is 1. The van der Waals surface area contributed by atoms with E-state index in [0.717, 1.165) is 0 Å². The molecular weight excluding hydrogens is 448 g/mol. The van der Waals surface area contributed by atoms with Gasteiger partial charge in [0.25, 0.3) is 0 Å². The summed E-state index contributed by atoms with van der Waals surface area (Å²) in [5.74, 6) is 1.03. The summed E-state index contributed by atoms with van der Waals surface area (Å²) in [5, 5.41) is 24.0. The molecule has 2 heterocycles. The van der Waals surface area contributed by atoms with Gasteiger partial charge in [-0.3, -0.25) is 4.79 Å². The number of hydrogen-bond acceptors (Lipinski definition) is 10. The molecule has 1 aliphatic rings. The number of benzene rings is 2. The zero-order valence-electron chi connectivity index (χ0n) is 18.2. The maximum Gasteiger partial charge on any atom is 0.347 e. The molecule has 11 heteroatoms. The van der Waals surface area contributed by atoms with Crippen LogP contribution in [0.2, 0.25) is 0 Å². The standard InChI is InChI=1S/C23H18N2O9/c1-9-7-12(26)16(17(25-24)18(27)13-5-4-6-32-13)21-15(9)23(30)34-19-10(2)14(31-3)8-11(22(28)29)20(19)33-21/h4-8,26H,24H2,1-3H3,(H,28,29)/b25-17+. The van der Waals surface area contributed by atoms with Crippen molar-refractivity contribution in [3.8, 4) is 28.7 Å². The number of ether oxygens (including phenoxy) is 3. The molecule has 4 N–H and O–H groups in total. The monoisotopic (exact) mass is 466 g/mol. The Morgan fingerprint density at radius 2 is 1.85 bits per heavy atom. The van der Waals surface area contributed by atoms with Crippen molar-refractivity contribution in [1.29, 1.82) is 0 Å². The number of hydrazone groups is 1. The van der Waals surface area contributed by atoms with E-state index in [-0.39, 0.29) is 51.0 Å². The van der Waals surface area contributed by atoms with E-state index < -0.39 is 29.2 Å². The molecule has 0 aliphatic carbocycles. The van der Waals surface area contributed by atoms with Gasteiger partial charge in [-0.05, 0) is 43.7 Å². The van der Waals surface area contributed by atoms with Crippen LogP contribution in [0.15, 0.2) is 40.0 Å². The number of carbonyl (C=O) groups excluding carboxylic acids is 2. The number of ketones is 1. The zero-order chi connectivity index (χ0) is 24.7. The number of rotatable bonds is 5. The molecule has 174 valence electrons. The van der Waals surface area contributed by atoms with Gasteiger partial charge >= 0.3 is 11.9 Å². The number of methoxy groups -OCH3 is 1. The molecule has 0 spiro atoms. The van der Waals surface area contributed by atoms with Crippen LogP contribution in [0.5, 0.6) is 28.7 Å². The number of aromatic carboxylic acids is 1. The number of aromatic hydroxyl groups is 1. The lowest BCUT2D eigenvalue weighted by atomic mass is 9.96. The van der Waals surface area contributed by atoms with E-state index in [9.17, 15) is 24.6 Å². The number of hydrogen-bond donors (Lipinski definition) is 3. The maximum absolute atomic E-state index is 13.1. The molecular formula is C23H18N2O9. The van der Waals surface area contributed by atoms with Crippen LogP contribution in [0.25, 0.3) is 0 Å². The number of carbonyl (C=O) groups is 3. The van der Waals surface area contributed by atoms with Crippen molar-refractivity contribution in [3.05, 3.63) is 64.1 Å². The number of fused-ring (bicyclic) bond motifs is 2. The molecule has 0 amide bonds. The topological polar surface area (TPSA) is 171 Å². The summed E-state index contributed by atoms with van der Waals surface area (Å²) in [6.07, 6.45) is 1.26. The maximum atomic E-state index is 13.1. The molecule has 1 aliphatic heterocycles. The first-order chi connectivity index (χ1) is 16.2. The first-order valence-electron chi connectivity index (χ1n) is 9.77. The predicted molar refractivity (Wildman–Crippen MR) is 116 cm³/mol. The highest BCUT2D eigenvalue weighted by molar-refractivity contribution is 6.52. The fourth-order valence-electron chi connectivity index (χ4n) is 3.67. The molecule has 3 aromatic rings. The van der Waals surface area contributed by atoms with E-state index in [1.807, 2.05) is 0 Å². The molecule has 34 heavy (non-hydrogen) atoms. The minimum Gasteiger partial charge on any atom is -0.507 e. The number of phenolic OH excluding ortho intramolecular Hbond substituents is 1. The normalized spacial score (nSPS) is 12.7. The van der Waals surface area contributed by atoms with Gasteiger partial charge in [0, 0.05) is 5.56 Å². The molecule has 0 fully saturated rings. The summed E-state index contributed by atoms with van der Waals surface area (Å²) in [7, 11) is 1.33. The number of nitrogens with two attached hydrogens (primary N) is 1. The van der Waals surface area contributed by atoms with Crippen molar-refractivity contribution >= 4 is 23.4 Å². The van der Waals surface area contributed by atoms with Crippen LogP contribution >= 0.6 is 0 Å². The molecule has 11 nitrogen and oxygen atoms in total. The van der Waals surface area contributed by atoms with Gasteiger partial charge in [0.05, 0.1) is 18.9 Å². The van der Waals surface area contributed by atoms with Crippen LogP contribution in [0.3, 0.4) is 0 Å². The summed E-state index contributed by atoms with van der Waals surface area (Å²) in [5.41, 5.74) is -0.828. The lowest BCUT2D eigenvalue weighted by Crippen LogP contribution is -2.20. The van der Waals surface area contributed by atoms with Crippen LogP contribution in [-0.4, -0.2) is 40.8 Å². The van der Waals surface area contributed by atoms with Crippen molar-refractivity contribution < 1.29 is 43.2 Å². The van der Waals surface area contributed by atoms with Crippen LogP contribution < -0.4 is 20.1 Å². The van der Waals surface area contributed by atoms with Crippen LogP contribution in [0.1, 0.15) is 48.0 Å².